The SMILES string of the molecule is CCC(Oc1cc(C)cc(C)c1)C(=O)NCc1nc(-c2ccc(C)cc2)no1. The van der Waals surface area contributed by atoms with Crippen LogP contribution in [0.3, 0.4) is 0 Å². The average Bonchev–Trinajstić information content (AvgIpc) is 3.13. The van der Waals surface area contributed by atoms with Gasteiger partial charge in [-0.1, -0.05) is 48.0 Å². The minimum absolute atomic E-state index is 0.157. The molecule has 0 aliphatic carbocycles. The van der Waals surface area contributed by atoms with Crippen molar-refractivity contribution in [2.75, 3.05) is 0 Å². The van der Waals surface area contributed by atoms with E-state index in [0.717, 1.165) is 22.3 Å². The largest absolute Gasteiger partial charge is 0.481 e. The number of nitrogens with zero attached hydrogens (tertiary/aromatic N) is 2. The molecule has 146 valence electrons. The zero-order valence-electron chi connectivity index (χ0n) is 16.7. The van der Waals surface area contributed by atoms with Gasteiger partial charge in [0.05, 0.1) is 6.54 Å². The molecule has 0 saturated heterocycles. The molecule has 0 aliphatic rings. The quantitative estimate of drug-likeness (QED) is 0.668. The number of amides is 1. The molecule has 1 aromatic heterocycles. The van der Waals surface area contributed by atoms with Gasteiger partial charge in [0.25, 0.3) is 5.91 Å². The topological polar surface area (TPSA) is 77.2 Å². The molecule has 0 fully saturated rings. The lowest BCUT2D eigenvalue weighted by Crippen LogP contribution is -2.37. The standard InChI is InChI=1S/C22H25N3O3/c1-5-19(27-18-11-15(3)10-16(4)12-18)22(26)23-13-20-24-21(25-28-20)17-8-6-14(2)7-9-17/h6-12,19H,5,13H2,1-4H3,(H,23,26). The van der Waals surface area contributed by atoms with E-state index in [9.17, 15) is 4.79 Å². The van der Waals surface area contributed by atoms with Gasteiger partial charge in [0.2, 0.25) is 11.7 Å². The first kappa shape index (κ1) is 19.6. The van der Waals surface area contributed by atoms with E-state index in [-0.39, 0.29) is 12.5 Å². The Kier molecular flexibility index (Phi) is 6.09. The average molecular weight is 379 g/mol. The van der Waals surface area contributed by atoms with E-state index in [1.54, 1.807) is 0 Å². The highest BCUT2D eigenvalue weighted by Gasteiger charge is 2.19. The summed E-state index contributed by atoms with van der Waals surface area (Å²) in [6, 6.07) is 13.8. The minimum atomic E-state index is -0.583. The van der Waals surface area contributed by atoms with Crippen molar-refractivity contribution in [3.05, 3.63) is 65.0 Å². The molecule has 0 bridgehead atoms. The third-order valence-corrected chi connectivity index (χ3v) is 4.33. The van der Waals surface area contributed by atoms with Crippen LogP contribution in [0.1, 0.15) is 35.9 Å². The normalized spacial score (nSPS) is 11.9. The Morgan fingerprint density at radius 2 is 1.75 bits per heavy atom. The summed E-state index contributed by atoms with van der Waals surface area (Å²) in [7, 11) is 0. The third-order valence-electron chi connectivity index (χ3n) is 4.33. The van der Waals surface area contributed by atoms with Gasteiger partial charge in [0.15, 0.2) is 6.10 Å². The molecule has 3 rings (SSSR count). The Labute approximate surface area is 164 Å². The van der Waals surface area contributed by atoms with Gasteiger partial charge in [-0.2, -0.15) is 4.98 Å². The molecule has 1 heterocycles. The number of carbonyl (C=O) groups excluding carboxylic acids is 1. The fraction of sp³-hybridized carbons (Fsp3) is 0.318. The van der Waals surface area contributed by atoms with E-state index >= 15 is 0 Å². The number of nitrogens with one attached hydrogen (secondary N) is 1. The maximum atomic E-state index is 12.5. The second kappa shape index (κ2) is 8.69. The summed E-state index contributed by atoms with van der Waals surface area (Å²) >= 11 is 0. The number of aryl methyl sites for hydroxylation is 3. The molecule has 28 heavy (non-hydrogen) atoms. The fourth-order valence-corrected chi connectivity index (χ4v) is 2.91. The predicted octanol–water partition coefficient (Wildman–Crippen LogP) is 4.14. The van der Waals surface area contributed by atoms with Crippen molar-refractivity contribution in [2.45, 2.75) is 46.8 Å². The molecular weight excluding hydrogens is 354 g/mol. The van der Waals surface area contributed by atoms with Crippen molar-refractivity contribution in [3.63, 3.8) is 0 Å². The molecule has 1 amide bonds. The summed E-state index contributed by atoms with van der Waals surface area (Å²) in [5.41, 5.74) is 4.23. The fourth-order valence-electron chi connectivity index (χ4n) is 2.91. The number of rotatable bonds is 7. The lowest BCUT2D eigenvalue weighted by molar-refractivity contribution is -0.128. The number of ether oxygens (including phenoxy) is 1. The van der Waals surface area contributed by atoms with Gasteiger partial charge in [-0.3, -0.25) is 4.79 Å². The molecule has 2 aromatic carbocycles. The van der Waals surface area contributed by atoms with E-state index < -0.39 is 6.10 Å². The second-order valence-corrected chi connectivity index (χ2v) is 6.93. The highest BCUT2D eigenvalue weighted by molar-refractivity contribution is 5.81. The highest BCUT2D eigenvalue weighted by Crippen LogP contribution is 2.19. The van der Waals surface area contributed by atoms with Crippen LogP contribution < -0.4 is 10.1 Å². The first-order valence-electron chi connectivity index (χ1n) is 9.37. The summed E-state index contributed by atoms with van der Waals surface area (Å²) in [4.78, 5) is 16.9. The van der Waals surface area contributed by atoms with Crippen molar-refractivity contribution in [1.82, 2.24) is 15.5 Å². The number of benzene rings is 2. The van der Waals surface area contributed by atoms with Crippen LogP contribution >= 0.6 is 0 Å². The first-order valence-corrected chi connectivity index (χ1v) is 9.37. The molecule has 6 nitrogen and oxygen atoms in total. The Morgan fingerprint density at radius 3 is 2.39 bits per heavy atom. The van der Waals surface area contributed by atoms with Crippen molar-refractivity contribution in [2.24, 2.45) is 0 Å². The summed E-state index contributed by atoms with van der Waals surface area (Å²) in [5, 5.41) is 6.79. The number of hydrogen-bond acceptors (Lipinski definition) is 5. The number of hydrogen-bond donors (Lipinski definition) is 1. The Morgan fingerprint density at radius 1 is 1.07 bits per heavy atom. The Hall–Kier alpha value is -3.15. The summed E-state index contributed by atoms with van der Waals surface area (Å²) in [6.07, 6.45) is -0.0298. The van der Waals surface area contributed by atoms with Crippen LogP contribution in [0.25, 0.3) is 11.4 Å². The molecule has 1 unspecified atom stereocenters. The monoisotopic (exact) mass is 379 g/mol. The van der Waals surface area contributed by atoms with Gasteiger partial charge in [0.1, 0.15) is 5.75 Å². The van der Waals surface area contributed by atoms with Crippen molar-refractivity contribution >= 4 is 5.91 Å². The van der Waals surface area contributed by atoms with E-state index in [1.807, 2.05) is 64.1 Å². The summed E-state index contributed by atoms with van der Waals surface area (Å²) in [5.74, 6) is 1.34. The van der Waals surface area contributed by atoms with Crippen molar-refractivity contribution in [3.8, 4) is 17.1 Å². The smallest absolute Gasteiger partial charge is 0.261 e. The zero-order chi connectivity index (χ0) is 20.1. The maximum absolute atomic E-state index is 12.5. The zero-order valence-corrected chi connectivity index (χ0v) is 16.7. The van der Waals surface area contributed by atoms with Gasteiger partial charge in [-0.25, -0.2) is 0 Å². The van der Waals surface area contributed by atoms with Crippen LogP contribution in [-0.4, -0.2) is 22.2 Å². The first-order chi connectivity index (χ1) is 13.4. The van der Waals surface area contributed by atoms with E-state index in [2.05, 4.69) is 21.5 Å². The van der Waals surface area contributed by atoms with Gasteiger partial charge in [-0.15, -0.1) is 0 Å². The van der Waals surface area contributed by atoms with E-state index in [0.29, 0.717) is 23.9 Å². The molecule has 1 N–H and O–H groups in total. The molecule has 1 atom stereocenters. The number of carbonyl (C=O) groups is 1. The van der Waals surface area contributed by atoms with Gasteiger partial charge in [0, 0.05) is 5.56 Å². The molecule has 0 saturated carbocycles. The van der Waals surface area contributed by atoms with Crippen LogP contribution in [0, 0.1) is 20.8 Å². The lowest BCUT2D eigenvalue weighted by Gasteiger charge is -2.17. The molecule has 0 radical (unpaired) electrons. The molecule has 0 spiro atoms. The van der Waals surface area contributed by atoms with Crippen LogP contribution in [0.5, 0.6) is 5.75 Å². The Balaban J connectivity index is 1.60. The van der Waals surface area contributed by atoms with E-state index in [4.69, 9.17) is 9.26 Å². The van der Waals surface area contributed by atoms with Gasteiger partial charge in [-0.05, 0) is 50.5 Å². The molecule has 0 aliphatic heterocycles. The van der Waals surface area contributed by atoms with Crippen molar-refractivity contribution in [1.29, 1.82) is 0 Å². The van der Waals surface area contributed by atoms with Gasteiger partial charge < -0.3 is 14.6 Å². The molecular formula is C22H25N3O3. The molecule has 6 heteroatoms. The van der Waals surface area contributed by atoms with Crippen molar-refractivity contribution < 1.29 is 14.1 Å². The number of aromatic nitrogens is 2. The summed E-state index contributed by atoms with van der Waals surface area (Å²) < 4.78 is 11.1. The third kappa shape index (κ3) is 4.97. The molecule has 3 aromatic rings. The second-order valence-electron chi connectivity index (χ2n) is 6.93. The van der Waals surface area contributed by atoms with Gasteiger partial charge >= 0.3 is 0 Å². The van der Waals surface area contributed by atoms with Crippen LogP contribution in [-0.2, 0) is 11.3 Å². The van der Waals surface area contributed by atoms with Crippen LogP contribution in [0.15, 0.2) is 47.0 Å². The van der Waals surface area contributed by atoms with Crippen LogP contribution in [0.2, 0.25) is 0 Å². The van der Waals surface area contributed by atoms with E-state index in [1.165, 1.54) is 0 Å². The maximum Gasteiger partial charge on any atom is 0.261 e. The predicted molar refractivity (Wildman–Crippen MR) is 107 cm³/mol. The minimum Gasteiger partial charge on any atom is -0.481 e. The Bertz CT molecular complexity index is 928. The summed E-state index contributed by atoms with van der Waals surface area (Å²) in [6.45, 7) is 8.09. The highest BCUT2D eigenvalue weighted by atomic mass is 16.5. The lowest BCUT2D eigenvalue weighted by atomic mass is 10.1. The van der Waals surface area contributed by atoms with Crippen LogP contribution in [0.4, 0.5) is 0 Å².